The van der Waals surface area contributed by atoms with Crippen LogP contribution in [0.1, 0.15) is 55.3 Å². The number of primary amides is 1. The molecule has 7 nitrogen and oxygen atoms in total. The number of aromatic nitrogens is 1. The summed E-state index contributed by atoms with van der Waals surface area (Å²) in [5.41, 5.74) is 4.61. The predicted octanol–water partition coefficient (Wildman–Crippen LogP) is 4.80. The maximum atomic E-state index is 15.0. The lowest BCUT2D eigenvalue weighted by atomic mass is 9.67. The maximum Gasteiger partial charge on any atom is 0.395 e. The molecule has 216 valence electrons. The number of likely N-dealkylation sites (tertiary alicyclic amines) is 2. The van der Waals surface area contributed by atoms with Crippen molar-refractivity contribution >= 4 is 11.8 Å². The number of pyridine rings is 1. The van der Waals surface area contributed by atoms with Gasteiger partial charge < -0.3 is 20.3 Å². The Labute approximate surface area is 230 Å². The van der Waals surface area contributed by atoms with Crippen LogP contribution in [0, 0.1) is 17.2 Å². The average molecular weight is 563 g/mol. The van der Waals surface area contributed by atoms with Gasteiger partial charge in [-0.3, -0.25) is 14.6 Å². The third-order valence-electron chi connectivity index (χ3n) is 8.70. The first-order chi connectivity index (χ1) is 19.1. The number of benzene rings is 1. The number of nitrogens with two attached hydrogens (primary N) is 1. The third-order valence-corrected chi connectivity index (χ3v) is 8.70. The summed E-state index contributed by atoms with van der Waals surface area (Å²) in [5.74, 6) is -0.843. The van der Waals surface area contributed by atoms with Crippen LogP contribution in [0.15, 0.2) is 36.5 Å². The molecule has 0 spiro atoms. The number of carbonyl (C=O) groups excluding carboxylic acids is 2. The first kappa shape index (κ1) is 28.3. The Kier molecular flexibility index (Phi) is 8.03. The molecule has 11 heteroatoms. The van der Waals surface area contributed by atoms with E-state index in [0.29, 0.717) is 56.9 Å². The number of alkyl halides is 3. The second kappa shape index (κ2) is 11.3. The van der Waals surface area contributed by atoms with Crippen LogP contribution in [-0.4, -0.2) is 71.6 Å². The molecule has 5 rings (SSSR count). The number of halogens is 4. The van der Waals surface area contributed by atoms with E-state index in [1.165, 1.54) is 23.2 Å². The van der Waals surface area contributed by atoms with Crippen molar-refractivity contribution in [3.05, 3.63) is 47.9 Å². The molecule has 3 aliphatic rings. The summed E-state index contributed by atoms with van der Waals surface area (Å²) in [6.07, 6.45) is 1.17. The maximum absolute atomic E-state index is 15.0. The quantitative estimate of drug-likeness (QED) is 0.467. The number of carbonyl (C=O) groups is 2. The third kappa shape index (κ3) is 5.80. The fourth-order valence-corrected chi connectivity index (χ4v) is 6.04. The number of hydrogen-bond acceptors (Lipinski definition) is 5. The summed E-state index contributed by atoms with van der Waals surface area (Å²) in [5, 5.41) is 0. The second-order valence-corrected chi connectivity index (χ2v) is 11.3. The SMILES string of the molecule is NC(=O)[C@@H]1CCCN1C(=O)c1ccc(-c2ccc(OCC3CCN(CC4(C(F)(F)F)CCC4)CC3)cn2)c(F)c1. The van der Waals surface area contributed by atoms with Gasteiger partial charge in [0.25, 0.3) is 5.91 Å². The molecular formula is C29H34F4N4O3. The van der Waals surface area contributed by atoms with E-state index in [4.69, 9.17) is 10.5 Å². The Morgan fingerprint density at radius 3 is 2.38 bits per heavy atom. The topological polar surface area (TPSA) is 88.8 Å². The van der Waals surface area contributed by atoms with Crippen molar-refractivity contribution in [1.29, 1.82) is 0 Å². The Bertz CT molecular complexity index is 1220. The highest BCUT2D eigenvalue weighted by molar-refractivity contribution is 5.98. The number of piperidine rings is 1. The molecule has 1 aromatic carbocycles. The Morgan fingerprint density at radius 2 is 1.80 bits per heavy atom. The van der Waals surface area contributed by atoms with E-state index in [1.54, 1.807) is 12.1 Å². The molecule has 40 heavy (non-hydrogen) atoms. The van der Waals surface area contributed by atoms with Crippen molar-refractivity contribution < 1.29 is 31.9 Å². The smallest absolute Gasteiger partial charge is 0.395 e. The monoisotopic (exact) mass is 562 g/mol. The van der Waals surface area contributed by atoms with Crippen LogP contribution in [0.4, 0.5) is 17.6 Å². The molecule has 2 N–H and O–H groups in total. The van der Waals surface area contributed by atoms with Crippen LogP contribution in [0.3, 0.4) is 0 Å². The van der Waals surface area contributed by atoms with Crippen LogP contribution in [0.5, 0.6) is 5.75 Å². The molecule has 2 amide bonds. The minimum absolute atomic E-state index is 0.0906. The lowest BCUT2D eigenvalue weighted by Gasteiger charge is -2.47. The van der Waals surface area contributed by atoms with Gasteiger partial charge in [0.1, 0.15) is 17.6 Å². The Morgan fingerprint density at radius 1 is 1.05 bits per heavy atom. The molecule has 3 fully saturated rings. The van der Waals surface area contributed by atoms with Crippen LogP contribution < -0.4 is 10.5 Å². The zero-order valence-electron chi connectivity index (χ0n) is 22.3. The number of rotatable bonds is 8. The Hall–Kier alpha value is -3.21. The van der Waals surface area contributed by atoms with Gasteiger partial charge in [0, 0.05) is 24.2 Å². The van der Waals surface area contributed by atoms with Crippen molar-refractivity contribution in [2.45, 2.75) is 57.2 Å². The van der Waals surface area contributed by atoms with E-state index >= 15 is 0 Å². The summed E-state index contributed by atoms with van der Waals surface area (Å²) in [7, 11) is 0. The largest absolute Gasteiger partial charge is 0.492 e. The molecule has 2 saturated heterocycles. The van der Waals surface area contributed by atoms with Crippen LogP contribution in [-0.2, 0) is 4.79 Å². The molecular weight excluding hydrogens is 528 g/mol. The van der Waals surface area contributed by atoms with E-state index in [9.17, 15) is 27.2 Å². The first-order valence-corrected chi connectivity index (χ1v) is 13.8. The minimum Gasteiger partial charge on any atom is -0.492 e. The molecule has 1 aliphatic carbocycles. The van der Waals surface area contributed by atoms with Gasteiger partial charge in [-0.1, -0.05) is 6.42 Å². The van der Waals surface area contributed by atoms with E-state index < -0.39 is 35.3 Å². The molecule has 3 heterocycles. The predicted molar refractivity (Wildman–Crippen MR) is 140 cm³/mol. The molecule has 0 unspecified atom stereocenters. The molecule has 1 aromatic heterocycles. The Balaban J connectivity index is 1.12. The lowest BCUT2D eigenvalue weighted by Crippen LogP contribution is -2.53. The van der Waals surface area contributed by atoms with E-state index in [2.05, 4.69) is 4.98 Å². The molecule has 1 saturated carbocycles. The summed E-state index contributed by atoms with van der Waals surface area (Å²) >= 11 is 0. The van der Waals surface area contributed by atoms with Crippen molar-refractivity contribution in [1.82, 2.24) is 14.8 Å². The molecule has 0 bridgehead atoms. The van der Waals surface area contributed by atoms with Gasteiger partial charge in [0.2, 0.25) is 5.91 Å². The van der Waals surface area contributed by atoms with Gasteiger partial charge in [-0.15, -0.1) is 0 Å². The molecule has 2 aliphatic heterocycles. The molecule has 0 radical (unpaired) electrons. The highest BCUT2D eigenvalue weighted by Crippen LogP contribution is 2.53. The fraction of sp³-hybridized carbons (Fsp3) is 0.552. The van der Waals surface area contributed by atoms with Gasteiger partial charge in [0.15, 0.2) is 0 Å². The average Bonchev–Trinajstić information content (AvgIpc) is 3.40. The van der Waals surface area contributed by atoms with Gasteiger partial charge in [-0.05, 0) is 87.9 Å². The highest BCUT2D eigenvalue weighted by Gasteiger charge is 2.58. The first-order valence-electron chi connectivity index (χ1n) is 13.8. The van der Waals surface area contributed by atoms with Crippen molar-refractivity contribution in [2.24, 2.45) is 17.1 Å². The summed E-state index contributed by atoms with van der Waals surface area (Å²) in [4.78, 5) is 32.1. The van der Waals surface area contributed by atoms with Crippen LogP contribution in [0.25, 0.3) is 11.3 Å². The molecule has 1 atom stereocenters. The lowest BCUT2D eigenvalue weighted by molar-refractivity contribution is -0.256. The van der Waals surface area contributed by atoms with E-state index in [0.717, 1.165) is 18.9 Å². The number of hydrogen-bond donors (Lipinski definition) is 1. The van der Waals surface area contributed by atoms with Crippen LogP contribution in [0.2, 0.25) is 0 Å². The zero-order valence-corrected chi connectivity index (χ0v) is 22.3. The summed E-state index contributed by atoms with van der Waals surface area (Å²) in [6, 6.07) is 6.80. The number of ether oxygens (including phenoxy) is 1. The standard InChI is InChI=1S/C29H34F4N4O3/c30-23-15-20(27(39)37-12-1-3-25(37)26(34)38)4-6-22(23)24-7-5-21(16-35-24)40-17-19-8-13-36(14-9-19)18-28(10-2-11-28)29(31,32)33/h4-7,15-16,19,25H,1-3,8-14,17-18H2,(H2,34,38)/t25-/m0/s1. The van der Waals surface area contributed by atoms with Crippen molar-refractivity contribution in [2.75, 3.05) is 32.8 Å². The highest BCUT2D eigenvalue weighted by atomic mass is 19.4. The second-order valence-electron chi connectivity index (χ2n) is 11.3. The van der Waals surface area contributed by atoms with Gasteiger partial charge in [-0.25, -0.2) is 4.39 Å². The van der Waals surface area contributed by atoms with Crippen LogP contribution >= 0.6 is 0 Å². The van der Waals surface area contributed by atoms with Crippen molar-refractivity contribution in [3.63, 3.8) is 0 Å². The summed E-state index contributed by atoms with van der Waals surface area (Å²) in [6.45, 7) is 2.18. The van der Waals surface area contributed by atoms with Gasteiger partial charge in [0.05, 0.1) is 23.9 Å². The number of amides is 2. The number of nitrogens with zero attached hydrogens (tertiary/aromatic N) is 3. The van der Waals surface area contributed by atoms with Crippen molar-refractivity contribution in [3.8, 4) is 17.0 Å². The summed E-state index contributed by atoms with van der Waals surface area (Å²) < 4.78 is 61.3. The zero-order chi connectivity index (χ0) is 28.5. The molecule has 2 aromatic rings. The minimum atomic E-state index is -4.14. The van der Waals surface area contributed by atoms with E-state index in [-0.39, 0.29) is 36.4 Å². The van der Waals surface area contributed by atoms with E-state index in [1.807, 2.05) is 4.90 Å². The fourth-order valence-electron chi connectivity index (χ4n) is 6.04. The van der Waals surface area contributed by atoms with Gasteiger partial charge in [-0.2, -0.15) is 13.2 Å². The normalized spacial score (nSPS) is 21.7. The van der Waals surface area contributed by atoms with Gasteiger partial charge >= 0.3 is 6.18 Å².